The number of hydrogen-bond donors (Lipinski definition) is 2. The molecule has 8 nitrogen and oxygen atoms in total. The smallest absolute Gasteiger partial charge is 0.228 e. The second-order valence-corrected chi connectivity index (χ2v) is 6.83. The number of halogens is 1. The minimum atomic E-state index is -0.0270. The van der Waals surface area contributed by atoms with Crippen LogP contribution >= 0.6 is 15.9 Å². The van der Waals surface area contributed by atoms with Crippen LogP contribution in [0.1, 0.15) is 12.8 Å². The van der Waals surface area contributed by atoms with E-state index in [2.05, 4.69) is 51.1 Å². The minimum absolute atomic E-state index is 0.0175. The summed E-state index contributed by atoms with van der Waals surface area (Å²) in [6.45, 7) is 1.52. The zero-order valence-electron chi connectivity index (χ0n) is 13.3. The highest BCUT2D eigenvalue weighted by atomic mass is 79.9. The Balaban J connectivity index is 1.40. The van der Waals surface area contributed by atoms with Crippen molar-refractivity contribution in [2.75, 3.05) is 23.3 Å². The van der Waals surface area contributed by atoms with Crippen LogP contribution < -0.4 is 10.2 Å². The maximum Gasteiger partial charge on any atom is 0.228 e. The Morgan fingerprint density at radius 2 is 2.04 bits per heavy atom. The molecule has 1 amide bonds. The molecule has 0 unspecified atom stereocenters. The minimum Gasteiger partial charge on any atom is -0.355 e. The molecule has 9 heteroatoms. The third kappa shape index (κ3) is 3.32. The normalized spacial score (nSPS) is 15.5. The lowest BCUT2D eigenvalue weighted by atomic mass is 9.96. The van der Waals surface area contributed by atoms with Gasteiger partial charge in [0.05, 0.1) is 6.33 Å². The van der Waals surface area contributed by atoms with Crippen molar-refractivity contribution in [2.24, 2.45) is 5.92 Å². The summed E-state index contributed by atoms with van der Waals surface area (Å²) in [5.41, 5.74) is 1.50. The summed E-state index contributed by atoms with van der Waals surface area (Å²) < 4.78 is 0.883. The number of imidazole rings is 1. The van der Waals surface area contributed by atoms with Crippen LogP contribution in [0.4, 0.5) is 11.6 Å². The maximum absolute atomic E-state index is 12.4. The number of carbonyl (C=O) groups is 1. The number of piperidine rings is 1. The number of carbonyl (C=O) groups excluding carboxylic acids is 1. The molecule has 3 aromatic rings. The monoisotopic (exact) mass is 401 g/mol. The topological polar surface area (TPSA) is 99.7 Å². The number of pyridine rings is 1. The van der Waals surface area contributed by atoms with Gasteiger partial charge in [-0.1, -0.05) is 0 Å². The van der Waals surface area contributed by atoms with Gasteiger partial charge in [0.2, 0.25) is 5.91 Å². The summed E-state index contributed by atoms with van der Waals surface area (Å²) in [5, 5.41) is 2.89. The van der Waals surface area contributed by atoms with Crippen molar-refractivity contribution < 1.29 is 4.79 Å². The molecule has 0 saturated carbocycles. The van der Waals surface area contributed by atoms with Crippen LogP contribution in [-0.2, 0) is 4.79 Å². The van der Waals surface area contributed by atoms with E-state index in [1.165, 1.54) is 6.33 Å². The lowest BCUT2D eigenvalue weighted by Gasteiger charge is -2.32. The van der Waals surface area contributed by atoms with Gasteiger partial charge in [0.1, 0.15) is 17.7 Å². The highest BCUT2D eigenvalue weighted by molar-refractivity contribution is 9.10. The van der Waals surface area contributed by atoms with E-state index in [1.54, 1.807) is 18.6 Å². The molecule has 1 fully saturated rings. The van der Waals surface area contributed by atoms with E-state index >= 15 is 0 Å². The maximum atomic E-state index is 12.4. The molecule has 3 aromatic heterocycles. The first kappa shape index (κ1) is 15.9. The van der Waals surface area contributed by atoms with E-state index in [0.717, 1.165) is 41.7 Å². The Bertz CT molecular complexity index is 887. The first-order valence-electron chi connectivity index (χ1n) is 8.02. The van der Waals surface area contributed by atoms with Gasteiger partial charge in [0.25, 0.3) is 0 Å². The standard InChI is InChI=1S/C16H16BrN7O/c17-11-1-2-12(18-7-11)23-16(25)10-3-5-24(6-4-10)15-13-14(20-8-19-13)21-9-22-15/h1-2,7-10H,3-6H2,(H,18,23,25)(H,19,20,21,22). The Morgan fingerprint density at radius 1 is 1.20 bits per heavy atom. The zero-order chi connectivity index (χ0) is 17.2. The van der Waals surface area contributed by atoms with Gasteiger partial charge in [0.15, 0.2) is 11.5 Å². The summed E-state index contributed by atoms with van der Waals surface area (Å²) >= 11 is 3.33. The number of hydrogen-bond acceptors (Lipinski definition) is 6. The van der Waals surface area contributed by atoms with E-state index in [1.807, 2.05) is 6.07 Å². The summed E-state index contributed by atoms with van der Waals surface area (Å²) in [5.74, 6) is 1.41. The number of aromatic nitrogens is 5. The number of anilines is 2. The molecule has 1 aliphatic rings. The predicted molar refractivity (Wildman–Crippen MR) is 97.2 cm³/mol. The number of nitrogens with one attached hydrogen (secondary N) is 2. The van der Waals surface area contributed by atoms with E-state index in [4.69, 9.17) is 0 Å². The molecule has 0 radical (unpaired) electrons. The molecule has 0 bridgehead atoms. The molecule has 0 spiro atoms. The fourth-order valence-corrected chi connectivity index (χ4v) is 3.26. The number of aromatic amines is 1. The Hall–Kier alpha value is -2.55. The van der Waals surface area contributed by atoms with Gasteiger partial charge in [-0.2, -0.15) is 0 Å². The molecule has 0 atom stereocenters. The molecule has 4 rings (SSSR count). The Labute approximate surface area is 152 Å². The molecule has 0 aliphatic carbocycles. The van der Waals surface area contributed by atoms with Crippen molar-refractivity contribution in [3.05, 3.63) is 35.5 Å². The van der Waals surface area contributed by atoms with E-state index < -0.39 is 0 Å². The largest absolute Gasteiger partial charge is 0.355 e. The predicted octanol–water partition coefficient (Wildman–Crippen LogP) is 2.37. The lowest BCUT2D eigenvalue weighted by Crippen LogP contribution is -2.38. The molecule has 4 heterocycles. The summed E-state index contributed by atoms with van der Waals surface area (Å²) in [4.78, 5) is 34.6. The number of fused-ring (bicyclic) bond motifs is 1. The highest BCUT2D eigenvalue weighted by Crippen LogP contribution is 2.26. The van der Waals surface area contributed by atoms with Crippen LogP contribution in [0.3, 0.4) is 0 Å². The Morgan fingerprint density at radius 3 is 2.80 bits per heavy atom. The number of rotatable bonds is 3. The summed E-state index contributed by atoms with van der Waals surface area (Å²) in [7, 11) is 0. The molecule has 128 valence electrons. The Kier molecular flexibility index (Phi) is 4.31. The van der Waals surface area contributed by atoms with Gasteiger partial charge in [-0.05, 0) is 40.9 Å². The van der Waals surface area contributed by atoms with Crippen LogP contribution in [0.5, 0.6) is 0 Å². The zero-order valence-corrected chi connectivity index (χ0v) is 14.9. The molecular formula is C16H16BrN7O. The van der Waals surface area contributed by atoms with Crippen LogP contribution in [0, 0.1) is 5.92 Å². The number of nitrogens with zero attached hydrogens (tertiary/aromatic N) is 5. The van der Waals surface area contributed by atoms with Crippen molar-refractivity contribution >= 4 is 44.6 Å². The lowest BCUT2D eigenvalue weighted by molar-refractivity contribution is -0.120. The van der Waals surface area contributed by atoms with Crippen molar-refractivity contribution in [2.45, 2.75) is 12.8 Å². The van der Waals surface area contributed by atoms with Crippen LogP contribution in [-0.4, -0.2) is 43.9 Å². The fraction of sp³-hybridized carbons (Fsp3) is 0.312. The van der Waals surface area contributed by atoms with E-state index in [0.29, 0.717) is 11.5 Å². The quantitative estimate of drug-likeness (QED) is 0.698. The van der Waals surface area contributed by atoms with Crippen molar-refractivity contribution in [1.82, 2.24) is 24.9 Å². The highest BCUT2D eigenvalue weighted by Gasteiger charge is 2.27. The van der Waals surface area contributed by atoms with Gasteiger partial charge < -0.3 is 15.2 Å². The summed E-state index contributed by atoms with van der Waals surface area (Å²) in [6, 6.07) is 3.64. The number of amides is 1. The molecule has 25 heavy (non-hydrogen) atoms. The SMILES string of the molecule is O=C(Nc1ccc(Br)cn1)C1CCN(c2ncnc3nc[nH]c23)CC1. The van der Waals surface area contributed by atoms with Crippen molar-refractivity contribution in [1.29, 1.82) is 0 Å². The van der Waals surface area contributed by atoms with Gasteiger partial charge in [-0.3, -0.25) is 4.79 Å². The number of H-pyrrole nitrogens is 1. The van der Waals surface area contributed by atoms with Crippen molar-refractivity contribution in [3.63, 3.8) is 0 Å². The second kappa shape index (κ2) is 6.75. The third-order valence-corrected chi connectivity index (χ3v) is 4.82. The van der Waals surface area contributed by atoms with Crippen LogP contribution in [0.15, 0.2) is 35.5 Å². The van der Waals surface area contributed by atoms with E-state index in [-0.39, 0.29) is 11.8 Å². The first-order chi connectivity index (χ1) is 12.2. The molecule has 1 aliphatic heterocycles. The van der Waals surface area contributed by atoms with Crippen molar-refractivity contribution in [3.8, 4) is 0 Å². The van der Waals surface area contributed by atoms with Crippen LogP contribution in [0.2, 0.25) is 0 Å². The van der Waals surface area contributed by atoms with Gasteiger partial charge >= 0.3 is 0 Å². The van der Waals surface area contributed by atoms with Gasteiger partial charge in [-0.25, -0.2) is 19.9 Å². The summed E-state index contributed by atoms with van der Waals surface area (Å²) in [6.07, 6.45) is 6.34. The molecule has 1 saturated heterocycles. The average Bonchev–Trinajstić information content (AvgIpc) is 3.12. The molecule has 0 aromatic carbocycles. The average molecular weight is 402 g/mol. The second-order valence-electron chi connectivity index (χ2n) is 5.91. The molecule has 2 N–H and O–H groups in total. The van der Waals surface area contributed by atoms with Crippen LogP contribution in [0.25, 0.3) is 11.2 Å². The van der Waals surface area contributed by atoms with Gasteiger partial charge in [0, 0.05) is 29.7 Å². The molecular weight excluding hydrogens is 386 g/mol. The van der Waals surface area contributed by atoms with Gasteiger partial charge in [-0.15, -0.1) is 0 Å². The van der Waals surface area contributed by atoms with E-state index in [9.17, 15) is 4.79 Å². The fourth-order valence-electron chi connectivity index (χ4n) is 3.02. The third-order valence-electron chi connectivity index (χ3n) is 4.35. The first-order valence-corrected chi connectivity index (χ1v) is 8.81.